The Hall–Kier alpha value is -3.15. The average Bonchev–Trinajstić information content (AvgIpc) is 2.96. The van der Waals surface area contributed by atoms with Crippen LogP contribution in [0, 0.1) is 5.82 Å². The van der Waals surface area contributed by atoms with Crippen LogP contribution in [0.1, 0.15) is 17.2 Å². The van der Waals surface area contributed by atoms with Crippen molar-refractivity contribution >= 4 is 11.9 Å². The highest BCUT2D eigenvalue weighted by Gasteiger charge is 2.40. The molecule has 0 fully saturated rings. The standard InChI is InChI=1S/C20H18FN3O2/c21-15-8-6-14(7-9-15)18-17-16(22-20(26)23-18)12-24(19(17)25)11-10-13-4-2-1-3-5-13/h1-9,18H,10-12H2,(H2,22,23,26)/t18-/m1/s1. The fraction of sp³-hybridized carbons (Fsp3) is 0.200. The first-order chi connectivity index (χ1) is 12.6. The predicted molar refractivity (Wildman–Crippen MR) is 94.6 cm³/mol. The molecule has 2 aliphatic heterocycles. The first-order valence-electron chi connectivity index (χ1n) is 8.51. The smallest absolute Gasteiger partial charge is 0.319 e. The van der Waals surface area contributed by atoms with Crippen molar-refractivity contribution in [3.05, 3.63) is 82.8 Å². The summed E-state index contributed by atoms with van der Waals surface area (Å²) in [6.07, 6.45) is 0.746. The van der Waals surface area contributed by atoms with Gasteiger partial charge >= 0.3 is 6.03 Å². The summed E-state index contributed by atoms with van der Waals surface area (Å²) in [5, 5.41) is 5.51. The first kappa shape index (κ1) is 16.3. The van der Waals surface area contributed by atoms with Crippen molar-refractivity contribution in [2.75, 3.05) is 13.1 Å². The SMILES string of the molecule is O=C1NC2=C(C(=O)N(CCc3ccccc3)C2)[C@@H](c2ccc(F)cc2)N1. The molecule has 0 bridgehead atoms. The Labute approximate surface area is 150 Å². The van der Waals surface area contributed by atoms with Crippen LogP contribution >= 0.6 is 0 Å². The second-order valence-electron chi connectivity index (χ2n) is 6.44. The van der Waals surface area contributed by atoms with E-state index in [0.717, 1.165) is 12.0 Å². The highest BCUT2D eigenvalue weighted by atomic mass is 19.1. The van der Waals surface area contributed by atoms with E-state index >= 15 is 0 Å². The topological polar surface area (TPSA) is 61.4 Å². The molecule has 0 saturated carbocycles. The number of carbonyl (C=O) groups excluding carboxylic acids is 2. The van der Waals surface area contributed by atoms with Gasteiger partial charge in [0.2, 0.25) is 0 Å². The van der Waals surface area contributed by atoms with Crippen LogP contribution in [0.2, 0.25) is 0 Å². The zero-order valence-corrected chi connectivity index (χ0v) is 14.0. The number of urea groups is 1. The van der Waals surface area contributed by atoms with E-state index in [9.17, 15) is 14.0 Å². The van der Waals surface area contributed by atoms with Gasteiger partial charge < -0.3 is 15.5 Å². The molecule has 2 heterocycles. The third-order valence-corrected chi connectivity index (χ3v) is 4.74. The maximum atomic E-state index is 13.2. The number of rotatable bonds is 4. The summed E-state index contributed by atoms with van der Waals surface area (Å²) < 4.78 is 13.2. The van der Waals surface area contributed by atoms with E-state index in [1.165, 1.54) is 12.1 Å². The molecule has 1 atom stereocenters. The lowest BCUT2D eigenvalue weighted by molar-refractivity contribution is -0.125. The monoisotopic (exact) mass is 351 g/mol. The van der Waals surface area contributed by atoms with Gasteiger partial charge in [-0.3, -0.25) is 4.79 Å². The van der Waals surface area contributed by atoms with Gasteiger partial charge in [0.25, 0.3) is 5.91 Å². The molecule has 0 aliphatic carbocycles. The van der Waals surface area contributed by atoms with Gasteiger partial charge in [0, 0.05) is 6.54 Å². The lowest BCUT2D eigenvalue weighted by atomic mass is 9.96. The normalized spacial score (nSPS) is 19.3. The molecule has 2 aromatic carbocycles. The van der Waals surface area contributed by atoms with Crippen LogP contribution < -0.4 is 10.6 Å². The Morgan fingerprint density at radius 3 is 2.50 bits per heavy atom. The van der Waals surface area contributed by atoms with Crippen LogP contribution in [-0.4, -0.2) is 29.9 Å². The maximum Gasteiger partial charge on any atom is 0.319 e. The van der Waals surface area contributed by atoms with Crippen molar-refractivity contribution in [3.8, 4) is 0 Å². The van der Waals surface area contributed by atoms with Crippen molar-refractivity contribution in [3.63, 3.8) is 0 Å². The van der Waals surface area contributed by atoms with E-state index in [-0.39, 0.29) is 17.8 Å². The molecule has 132 valence electrons. The summed E-state index contributed by atoms with van der Waals surface area (Å²) in [5.74, 6) is -0.455. The lowest BCUT2D eigenvalue weighted by Crippen LogP contribution is -2.44. The molecule has 0 unspecified atom stereocenters. The zero-order valence-electron chi connectivity index (χ0n) is 14.0. The van der Waals surface area contributed by atoms with E-state index in [2.05, 4.69) is 10.6 Å². The van der Waals surface area contributed by atoms with E-state index in [1.807, 2.05) is 30.3 Å². The first-order valence-corrected chi connectivity index (χ1v) is 8.51. The second kappa shape index (κ2) is 6.63. The molecule has 2 N–H and O–H groups in total. The quantitative estimate of drug-likeness (QED) is 0.889. The van der Waals surface area contributed by atoms with Crippen LogP contribution in [0.5, 0.6) is 0 Å². The zero-order chi connectivity index (χ0) is 18.1. The van der Waals surface area contributed by atoms with E-state index in [0.29, 0.717) is 29.9 Å². The van der Waals surface area contributed by atoms with Gasteiger partial charge in [-0.2, -0.15) is 0 Å². The van der Waals surface area contributed by atoms with Crippen LogP contribution in [0.4, 0.5) is 9.18 Å². The van der Waals surface area contributed by atoms with Crippen LogP contribution in [-0.2, 0) is 11.2 Å². The molecule has 3 amide bonds. The van der Waals surface area contributed by atoms with Crippen LogP contribution in [0.15, 0.2) is 65.9 Å². The third-order valence-electron chi connectivity index (χ3n) is 4.74. The summed E-state index contributed by atoms with van der Waals surface area (Å²) in [5.41, 5.74) is 3.00. The molecular formula is C20H18FN3O2. The molecule has 6 heteroatoms. The van der Waals surface area contributed by atoms with Crippen LogP contribution in [0.25, 0.3) is 0 Å². The number of halogens is 1. The van der Waals surface area contributed by atoms with Gasteiger partial charge in [0.15, 0.2) is 0 Å². The summed E-state index contributed by atoms with van der Waals surface area (Å²) in [7, 11) is 0. The number of benzene rings is 2. The lowest BCUT2D eigenvalue weighted by Gasteiger charge is -2.25. The van der Waals surface area contributed by atoms with Crippen molar-refractivity contribution in [1.82, 2.24) is 15.5 Å². The summed E-state index contributed by atoms with van der Waals surface area (Å²) in [4.78, 5) is 26.6. The molecule has 2 aliphatic rings. The molecule has 26 heavy (non-hydrogen) atoms. The fourth-order valence-electron chi connectivity index (χ4n) is 3.42. The van der Waals surface area contributed by atoms with Crippen molar-refractivity contribution < 1.29 is 14.0 Å². The maximum absolute atomic E-state index is 13.2. The number of carbonyl (C=O) groups is 2. The minimum atomic E-state index is -0.562. The average molecular weight is 351 g/mol. The van der Waals surface area contributed by atoms with Gasteiger partial charge in [-0.25, -0.2) is 9.18 Å². The van der Waals surface area contributed by atoms with Gasteiger partial charge in [-0.05, 0) is 29.7 Å². The molecule has 0 radical (unpaired) electrons. The number of amides is 3. The predicted octanol–water partition coefficient (Wildman–Crippen LogP) is 2.52. The fourth-order valence-corrected chi connectivity index (χ4v) is 3.42. The Kier molecular flexibility index (Phi) is 4.16. The summed E-state index contributed by atoms with van der Waals surface area (Å²) >= 11 is 0. The second-order valence-corrected chi connectivity index (χ2v) is 6.44. The summed E-state index contributed by atoms with van der Waals surface area (Å²) in [6.45, 7) is 0.952. The number of nitrogens with zero attached hydrogens (tertiary/aromatic N) is 1. The number of hydrogen-bond donors (Lipinski definition) is 2. The minimum Gasteiger partial charge on any atom is -0.333 e. The van der Waals surface area contributed by atoms with Crippen molar-refractivity contribution in [1.29, 1.82) is 0 Å². The minimum absolute atomic E-state index is 0.0993. The molecule has 4 rings (SSSR count). The highest BCUT2D eigenvalue weighted by Crippen LogP contribution is 2.32. The van der Waals surface area contributed by atoms with E-state index < -0.39 is 6.04 Å². The van der Waals surface area contributed by atoms with Gasteiger partial charge in [0.1, 0.15) is 5.82 Å². The molecule has 0 aromatic heterocycles. The number of nitrogens with one attached hydrogen (secondary N) is 2. The highest BCUT2D eigenvalue weighted by molar-refractivity contribution is 6.01. The summed E-state index contributed by atoms with van der Waals surface area (Å²) in [6, 6.07) is 14.9. The van der Waals surface area contributed by atoms with Gasteiger partial charge in [-0.15, -0.1) is 0 Å². The molecule has 0 spiro atoms. The van der Waals surface area contributed by atoms with Gasteiger partial charge in [0.05, 0.1) is 23.9 Å². The third kappa shape index (κ3) is 3.06. The Balaban J connectivity index is 1.55. The van der Waals surface area contributed by atoms with Crippen molar-refractivity contribution in [2.24, 2.45) is 0 Å². The van der Waals surface area contributed by atoms with Crippen LogP contribution in [0.3, 0.4) is 0 Å². The molecular weight excluding hydrogens is 333 g/mol. The Morgan fingerprint density at radius 2 is 1.77 bits per heavy atom. The number of hydrogen-bond acceptors (Lipinski definition) is 2. The Morgan fingerprint density at radius 1 is 1.04 bits per heavy atom. The molecule has 2 aromatic rings. The van der Waals surface area contributed by atoms with Gasteiger partial charge in [-0.1, -0.05) is 42.5 Å². The molecule has 5 nitrogen and oxygen atoms in total. The molecule has 0 saturated heterocycles. The Bertz CT molecular complexity index is 878. The van der Waals surface area contributed by atoms with Crippen molar-refractivity contribution in [2.45, 2.75) is 12.5 Å². The van der Waals surface area contributed by atoms with E-state index in [1.54, 1.807) is 17.0 Å². The van der Waals surface area contributed by atoms with E-state index in [4.69, 9.17) is 0 Å². The largest absolute Gasteiger partial charge is 0.333 e.